The number of carboxylic acid groups (broad SMARTS) is 1. The highest BCUT2D eigenvalue weighted by Crippen LogP contribution is 2.25. The smallest absolute Gasteiger partial charge is 0.341 e. The van der Waals surface area contributed by atoms with E-state index in [1.165, 1.54) is 6.20 Å². The molecular weight excluding hydrogens is 208 g/mol. The molecular formula is C10H16N4O2. The van der Waals surface area contributed by atoms with Crippen molar-refractivity contribution < 1.29 is 9.90 Å². The Hall–Kier alpha value is -1.56. The van der Waals surface area contributed by atoms with E-state index < -0.39 is 5.97 Å². The summed E-state index contributed by atoms with van der Waals surface area (Å²) in [5.41, 5.74) is 5.87. The number of carboxylic acids is 1. The molecule has 6 heteroatoms. The van der Waals surface area contributed by atoms with Crippen molar-refractivity contribution in [3.05, 3.63) is 11.8 Å². The topological polar surface area (TPSA) is 84.4 Å². The van der Waals surface area contributed by atoms with Gasteiger partial charge < -0.3 is 15.7 Å². The maximum absolute atomic E-state index is 10.8. The Morgan fingerprint density at radius 3 is 2.69 bits per heavy atom. The normalized spacial score (nSPS) is 18.8. The van der Waals surface area contributed by atoms with Crippen LogP contribution >= 0.6 is 0 Å². The Morgan fingerprint density at radius 2 is 2.19 bits per heavy atom. The number of anilines is 1. The van der Waals surface area contributed by atoms with Crippen LogP contribution in [-0.2, 0) is 0 Å². The van der Waals surface area contributed by atoms with Gasteiger partial charge >= 0.3 is 5.97 Å². The van der Waals surface area contributed by atoms with Crippen molar-refractivity contribution in [1.29, 1.82) is 0 Å². The number of piperidine rings is 1. The van der Waals surface area contributed by atoms with Crippen LogP contribution in [0, 0.1) is 0 Å². The van der Waals surface area contributed by atoms with Crippen molar-refractivity contribution in [2.24, 2.45) is 0 Å². The number of hydrogen-bond donors (Lipinski definition) is 2. The maximum Gasteiger partial charge on any atom is 0.341 e. The molecule has 2 rings (SSSR count). The van der Waals surface area contributed by atoms with Gasteiger partial charge in [0.05, 0.1) is 12.2 Å². The molecule has 0 atom stereocenters. The van der Waals surface area contributed by atoms with Gasteiger partial charge in [0.15, 0.2) is 0 Å². The molecule has 1 aliphatic heterocycles. The summed E-state index contributed by atoms with van der Waals surface area (Å²) in [6.45, 7) is 1.98. The molecule has 0 spiro atoms. The molecule has 16 heavy (non-hydrogen) atoms. The molecule has 1 fully saturated rings. The first-order valence-electron chi connectivity index (χ1n) is 5.34. The summed E-state index contributed by atoms with van der Waals surface area (Å²) >= 11 is 0. The van der Waals surface area contributed by atoms with Crippen LogP contribution in [0.25, 0.3) is 0 Å². The molecule has 0 bridgehead atoms. The van der Waals surface area contributed by atoms with E-state index in [9.17, 15) is 4.79 Å². The van der Waals surface area contributed by atoms with E-state index in [0.29, 0.717) is 0 Å². The fourth-order valence-electron chi connectivity index (χ4n) is 2.07. The second kappa shape index (κ2) is 4.13. The number of hydrogen-bond acceptors (Lipinski definition) is 4. The third-order valence-electron chi connectivity index (χ3n) is 3.10. The Kier molecular flexibility index (Phi) is 2.82. The molecule has 1 aromatic heterocycles. The van der Waals surface area contributed by atoms with E-state index in [-0.39, 0.29) is 17.4 Å². The Balaban J connectivity index is 2.18. The van der Waals surface area contributed by atoms with Gasteiger partial charge in [-0.1, -0.05) is 0 Å². The summed E-state index contributed by atoms with van der Waals surface area (Å²) in [5, 5.41) is 13.0. The third-order valence-corrected chi connectivity index (χ3v) is 3.10. The van der Waals surface area contributed by atoms with Gasteiger partial charge in [0.1, 0.15) is 11.4 Å². The highest BCUT2D eigenvalue weighted by atomic mass is 16.4. The zero-order chi connectivity index (χ0) is 11.7. The molecule has 1 saturated heterocycles. The zero-order valence-corrected chi connectivity index (χ0v) is 9.26. The van der Waals surface area contributed by atoms with E-state index in [1.807, 2.05) is 0 Å². The number of nitrogens with zero attached hydrogens (tertiary/aromatic N) is 3. The van der Waals surface area contributed by atoms with Crippen molar-refractivity contribution in [3.8, 4) is 0 Å². The standard InChI is InChI=1S/C10H16N4O2/c1-13-4-2-7(3-5-13)14-9(11)8(6-12-14)10(15)16/h6-7H,2-5,11H2,1H3,(H,15,16). The van der Waals surface area contributed by atoms with Crippen LogP contribution in [0.5, 0.6) is 0 Å². The van der Waals surface area contributed by atoms with E-state index in [2.05, 4.69) is 17.0 Å². The highest BCUT2D eigenvalue weighted by Gasteiger charge is 2.23. The fourth-order valence-corrected chi connectivity index (χ4v) is 2.07. The molecule has 1 aliphatic rings. The van der Waals surface area contributed by atoms with Crippen LogP contribution < -0.4 is 5.73 Å². The molecule has 0 saturated carbocycles. The van der Waals surface area contributed by atoms with Gasteiger partial charge in [-0.2, -0.15) is 5.10 Å². The number of nitrogen functional groups attached to an aromatic ring is 1. The zero-order valence-electron chi connectivity index (χ0n) is 9.26. The van der Waals surface area contributed by atoms with E-state index >= 15 is 0 Å². The molecule has 0 unspecified atom stereocenters. The number of rotatable bonds is 2. The molecule has 2 heterocycles. The molecule has 3 N–H and O–H groups in total. The Morgan fingerprint density at radius 1 is 1.56 bits per heavy atom. The van der Waals surface area contributed by atoms with Crippen LogP contribution in [0.15, 0.2) is 6.20 Å². The van der Waals surface area contributed by atoms with Gasteiger partial charge in [0.25, 0.3) is 0 Å². The monoisotopic (exact) mass is 224 g/mol. The third kappa shape index (κ3) is 1.88. The van der Waals surface area contributed by atoms with Crippen molar-refractivity contribution >= 4 is 11.8 Å². The average Bonchev–Trinajstić information content (AvgIpc) is 2.61. The molecule has 0 aliphatic carbocycles. The van der Waals surface area contributed by atoms with Gasteiger partial charge in [0, 0.05) is 0 Å². The summed E-state index contributed by atoms with van der Waals surface area (Å²) in [5.74, 6) is -0.751. The van der Waals surface area contributed by atoms with Gasteiger partial charge in [0.2, 0.25) is 0 Å². The van der Waals surface area contributed by atoms with Crippen LogP contribution in [0.4, 0.5) is 5.82 Å². The lowest BCUT2D eigenvalue weighted by Gasteiger charge is -2.29. The predicted molar refractivity (Wildman–Crippen MR) is 59.4 cm³/mol. The van der Waals surface area contributed by atoms with Gasteiger partial charge in [-0.25, -0.2) is 9.48 Å². The minimum atomic E-state index is -1.02. The minimum Gasteiger partial charge on any atom is -0.477 e. The molecule has 0 aromatic carbocycles. The quantitative estimate of drug-likeness (QED) is 0.761. The lowest BCUT2D eigenvalue weighted by atomic mass is 10.1. The Labute approximate surface area is 93.6 Å². The summed E-state index contributed by atoms with van der Waals surface area (Å²) in [6, 6.07) is 0.226. The first-order valence-corrected chi connectivity index (χ1v) is 5.34. The SMILES string of the molecule is CN1CCC(n2ncc(C(=O)O)c2N)CC1. The summed E-state index contributed by atoms with van der Waals surface area (Å²) in [7, 11) is 2.07. The fraction of sp³-hybridized carbons (Fsp3) is 0.600. The number of carbonyl (C=O) groups is 1. The minimum absolute atomic E-state index is 0.0962. The van der Waals surface area contributed by atoms with Crippen molar-refractivity contribution in [1.82, 2.24) is 14.7 Å². The van der Waals surface area contributed by atoms with Gasteiger partial charge in [-0.15, -0.1) is 0 Å². The van der Waals surface area contributed by atoms with Crippen molar-refractivity contribution in [2.75, 3.05) is 25.9 Å². The number of aromatic nitrogens is 2. The first-order chi connectivity index (χ1) is 7.59. The van der Waals surface area contributed by atoms with Crippen molar-refractivity contribution in [2.45, 2.75) is 18.9 Å². The van der Waals surface area contributed by atoms with Crippen LogP contribution in [0.3, 0.4) is 0 Å². The lowest BCUT2D eigenvalue weighted by molar-refractivity contribution is 0.0698. The highest BCUT2D eigenvalue weighted by molar-refractivity contribution is 5.92. The molecule has 6 nitrogen and oxygen atoms in total. The predicted octanol–water partition coefficient (Wildman–Crippen LogP) is 0.430. The van der Waals surface area contributed by atoms with Crippen LogP contribution in [0.1, 0.15) is 29.2 Å². The maximum atomic E-state index is 10.8. The molecule has 0 amide bonds. The number of likely N-dealkylation sites (tertiary alicyclic amines) is 1. The van der Waals surface area contributed by atoms with E-state index in [0.717, 1.165) is 25.9 Å². The summed E-state index contributed by atoms with van der Waals surface area (Å²) < 4.78 is 1.65. The van der Waals surface area contributed by atoms with Crippen LogP contribution in [-0.4, -0.2) is 45.9 Å². The van der Waals surface area contributed by atoms with Gasteiger partial charge in [-0.3, -0.25) is 0 Å². The number of aromatic carboxylic acids is 1. The molecule has 0 radical (unpaired) electrons. The average molecular weight is 224 g/mol. The van der Waals surface area contributed by atoms with Crippen molar-refractivity contribution in [3.63, 3.8) is 0 Å². The second-order valence-electron chi connectivity index (χ2n) is 4.23. The molecule has 88 valence electrons. The van der Waals surface area contributed by atoms with E-state index in [4.69, 9.17) is 10.8 Å². The number of nitrogens with two attached hydrogens (primary N) is 1. The first kappa shape index (κ1) is 10.9. The van der Waals surface area contributed by atoms with Gasteiger partial charge in [-0.05, 0) is 33.0 Å². The largest absolute Gasteiger partial charge is 0.477 e. The lowest BCUT2D eigenvalue weighted by Crippen LogP contribution is -2.32. The van der Waals surface area contributed by atoms with Crippen LogP contribution in [0.2, 0.25) is 0 Å². The van der Waals surface area contributed by atoms with E-state index in [1.54, 1.807) is 4.68 Å². The summed E-state index contributed by atoms with van der Waals surface area (Å²) in [6.07, 6.45) is 3.25. The molecule has 1 aromatic rings. The second-order valence-corrected chi connectivity index (χ2v) is 4.23. The summed E-state index contributed by atoms with van der Waals surface area (Å²) in [4.78, 5) is 13.1. The Bertz CT molecular complexity index is 394.